The lowest BCUT2D eigenvalue weighted by Crippen LogP contribution is -2.45. The topological polar surface area (TPSA) is 52.9 Å². The molecule has 0 saturated carbocycles. The van der Waals surface area contributed by atoms with Gasteiger partial charge in [0.05, 0.1) is 23.3 Å². The summed E-state index contributed by atoms with van der Waals surface area (Å²) >= 11 is 0. The third-order valence-electron chi connectivity index (χ3n) is 6.27. The van der Waals surface area contributed by atoms with Crippen molar-refractivity contribution in [1.82, 2.24) is 20.0 Å². The second-order valence-electron chi connectivity index (χ2n) is 8.28. The Morgan fingerprint density at radius 2 is 1.87 bits per heavy atom. The molecule has 2 aromatic heterocycles. The number of carbonyl (C=O) groups excluding carboxylic acids is 1. The third kappa shape index (κ3) is 3.87. The fourth-order valence-corrected chi connectivity index (χ4v) is 4.70. The molecular weight excluding hydrogens is 400 g/mol. The van der Waals surface area contributed by atoms with Gasteiger partial charge >= 0.3 is 0 Å². The number of nitrogens with zero attached hydrogens (tertiary/aromatic N) is 4. The molecule has 2 aliphatic heterocycles. The molecule has 31 heavy (non-hydrogen) atoms. The van der Waals surface area contributed by atoms with Crippen molar-refractivity contribution in [3.05, 3.63) is 65.5 Å². The molecule has 162 valence electrons. The quantitative estimate of drug-likeness (QED) is 0.684. The highest BCUT2D eigenvalue weighted by Gasteiger charge is 2.29. The highest BCUT2D eigenvalue weighted by molar-refractivity contribution is 6.00. The number of pyridine rings is 1. The maximum atomic E-state index is 14.4. The molecule has 0 spiro atoms. The number of rotatable bonds is 4. The number of amides is 1. The van der Waals surface area contributed by atoms with Gasteiger partial charge in [-0.1, -0.05) is 6.42 Å². The first-order valence-electron chi connectivity index (χ1n) is 10.8. The van der Waals surface area contributed by atoms with Crippen molar-refractivity contribution in [2.45, 2.75) is 38.1 Å². The summed E-state index contributed by atoms with van der Waals surface area (Å²) in [6.45, 7) is 2.44. The van der Waals surface area contributed by atoms with Crippen LogP contribution < -0.4 is 10.3 Å². The van der Waals surface area contributed by atoms with Gasteiger partial charge in [0.2, 0.25) is 0 Å². The van der Waals surface area contributed by atoms with Gasteiger partial charge in [0, 0.05) is 37.1 Å². The van der Waals surface area contributed by atoms with Gasteiger partial charge in [-0.3, -0.25) is 10.2 Å². The van der Waals surface area contributed by atoms with Crippen LogP contribution in [-0.4, -0.2) is 40.2 Å². The van der Waals surface area contributed by atoms with E-state index in [2.05, 4.69) is 15.4 Å². The van der Waals surface area contributed by atoms with E-state index in [1.54, 1.807) is 16.9 Å². The smallest absolute Gasteiger partial charge is 0.269 e. The molecule has 0 unspecified atom stereocenters. The summed E-state index contributed by atoms with van der Waals surface area (Å²) in [6.07, 6.45) is 8.35. The third-order valence-corrected chi connectivity index (χ3v) is 6.27. The van der Waals surface area contributed by atoms with E-state index >= 15 is 0 Å². The van der Waals surface area contributed by atoms with Crippen LogP contribution in [0.2, 0.25) is 0 Å². The van der Waals surface area contributed by atoms with E-state index in [9.17, 15) is 13.6 Å². The Morgan fingerprint density at radius 1 is 1.03 bits per heavy atom. The van der Waals surface area contributed by atoms with Gasteiger partial charge in [-0.05, 0) is 56.0 Å². The van der Waals surface area contributed by atoms with Crippen LogP contribution in [0.15, 0.2) is 42.7 Å². The Labute approximate surface area is 179 Å². The van der Waals surface area contributed by atoms with E-state index in [0.29, 0.717) is 16.6 Å². The van der Waals surface area contributed by atoms with Crippen molar-refractivity contribution in [3.8, 4) is 0 Å². The van der Waals surface area contributed by atoms with Crippen molar-refractivity contribution in [2.75, 3.05) is 24.5 Å². The van der Waals surface area contributed by atoms with E-state index in [4.69, 9.17) is 0 Å². The standard InChI is InChI=1S/C23H25F2N5O/c24-16-6-7-20(25)18(13-16)21-5-4-11-29(21)17-8-12-30-22(14-17)19(15-26-30)23(31)27-28-9-2-1-3-10-28/h6-8,12-15,21H,1-5,9-11H2,(H,27,31)/t21-/m1/s1. The summed E-state index contributed by atoms with van der Waals surface area (Å²) in [5.41, 5.74) is 5.42. The SMILES string of the molecule is O=C(NN1CCCCC1)c1cnn2ccc(N3CCC[C@@H]3c3cc(F)ccc3F)cc12. The van der Waals surface area contributed by atoms with Crippen LogP contribution in [-0.2, 0) is 0 Å². The van der Waals surface area contributed by atoms with Gasteiger partial charge in [0.1, 0.15) is 11.6 Å². The average molecular weight is 425 g/mol. The van der Waals surface area contributed by atoms with Crippen LogP contribution in [0.1, 0.15) is 54.1 Å². The number of carbonyl (C=O) groups is 1. The molecule has 2 saturated heterocycles. The van der Waals surface area contributed by atoms with E-state index in [1.807, 2.05) is 17.1 Å². The largest absolute Gasteiger partial charge is 0.364 e. The Hall–Kier alpha value is -3.00. The van der Waals surface area contributed by atoms with E-state index in [-0.39, 0.29) is 11.9 Å². The fourth-order valence-electron chi connectivity index (χ4n) is 4.70. The predicted octanol–water partition coefficient (Wildman–Crippen LogP) is 4.08. The summed E-state index contributed by atoms with van der Waals surface area (Å²) in [6, 6.07) is 7.18. The van der Waals surface area contributed by atoms with E-state index < -0.39 is 11.6 Å². The molecule has 2 fully saturated rings. The molecule has 0 bridgehead atoms. The van der Waals surface area contributed by atoms with E-state index in [0.717, 1.165) is 57.1 Å². The Bertz CT molecular complexity index is 1110. The summed E-state index contributed by atoms with van der Waals surface area (Å²) in [4.78, 5) is 15.0. The van der Waals surface area contributed by atoms with Gasteiger partial charge in [-0.2, -0.15) is 5.10 Å². The second kappa shape index (κ2) is 8.26. The van der Waals surface area contributed by atoms with Crippen LogP contribution in [0.5, 0.6) is 0 Å². The van der Waals surface area contributed by atoms with Crippen LogP contribution in [0.4, 0.5) is 14.5 Å². The van der Waals surface area contributed by atoms with Crippen molar-refractivity contribution in [3.63, 3.8) is 0 Å². The molecule has 2 aliphatic rings. The number of halogens is 2. The minimum absolute atomic E-state index is 0.178. The first-order valence-corrected chi connectivity index (χ1v) is 10.8. The summed E-state index contributed by atoms with van der Waals surface area (Å²) < 4.78 is 29.9. The molecule has 1 amide bonds. The fraction of sp³-hybridized carbons (Fsp3) is 0.391. The van der Waals surface area contributed by atoms with Crippen molar-refractivity contribution >= 4 is 17.1 Å². The number of piperidine rings is 1. The average Bonchev–Trinajstić information content (AvgIpc) is 3.43. The van der Waals surface area contributed by atoms with Crippen molar-refractivity contribution in [1.29, 1.82) is 0 Å². The first kappa shape index (κ1) is 19.9. The highest BCUT2D eigenvalue weighted by Crippen LogP contribution is 2.38. The van der Waals surface area contributed by atoms with Gasteiger partial charge in [-0.15, -0.1) is 0 Å². The number of nitrogens with one attached hydrogen (secondary N) is 1. The van der Waals surface area contributed by atoms with Crippen molar-refractivity contribution in [2.24, 2.45) is 0 Å². The van der Waals surface area contributed by atoms with Crippen molar-refractivity contribution < 1.29 is 13.6 Å². The highest BCUT2D eigenvalue weighted by atomic mass is 19.1. The van der Waals surface area contributed by atoms with Gasteiger partial charge in [0.15, 0.2) is 0 Å². The van der Waals surface area contributed by atoms with Crippen LogP contribution in [0, 0.1) is 11.6 Å². The maximum absolute atomic E-state index is 14.4. The normalized spacial score (nSPS) is 19.8. The number of anilines is 1. The molecule has 1 atom stereocenters. The van der Waals surface area contributed by atoms with Gasteiger partial charge < -0.3 is 4.90 Å². The number of fused-ring (bicyclic) bond motifs is 1. The van der Waals surface area contributed by atoms with Crippen LogP contribution in [0.25, 0.3) is 5.52 Å². The number of hydrogen-bond donors (Lipinski definition) is 1. The van der Waals surface area contributed by atoms with Crippen LogP contribution >= 0.6 is 0 Å². The summed E-state index contributed by atoms with van der Waals surface area (Å²) in [5, 5.41) is 6.27. The number of aromatic nitrogens is 2. The molecule has 6 nitrogen and oxygen atoms in total. The molecule has 0 aliphatic carbocycles. The lowest BCUT2D eigenvalue weighted by Gasteiger charge is -2.28. The molecule has 1 aromatic carbocycles. The lowest BCUT2D eigenvalue weighted by atomic mass is 10.0. The van der Waals surface area contributed by atoms with Gasteiger partial charge in [-0.25, -0.2) is 18.3 Å². The number of hydrogen-bond acceptors (Lipinski definition) is 4. The minimum atomic E-state index is -0.439. The number of benzene rings is 1. The van der Waals surface area contributed by atoms with Crippen LogP contribution in [0.3, 0.4) is 0 Å². The molecule has 3 aromatic rings. The monoisotopic (exact) mass is 425 g/mol. The summed E-state index contributed by atoms with van der Waals surface area (Å²) in [5.74, 6) is -1.01. The summed E-state index contributed by atoms with van der Waals surface area (Å²) in [7, 11) is 0. The zero-order valence-electron chi connectivity index (χ0n) is 17.2. The number of hydrazine groups is 1. The molecule has 0 radical (unpaired) electrons. The first-order chi connectivity index (χ1) is 15.1. The van der Waals surface area contributed by atoms with Gasteiger partial charge in [0.25, 0.3) is 5.91 Å². The van der Waals surface area contributed by atoms with E-state index in [1.165, 1.54) is 18.6 Å². The minimum Gasteiger partial charge on any atom is -0.364 e. The Kier molecular flexibility index (Phi) is 5.31. The molecule has 8 heteroatoms. The Morgan fingerprint density at radius 3 is 2.71 bits per heavy atom. The second-order valence-corrected chi connectivity index (χ2v) is 8.28. The lowest BCUT2D eigenvalue weighted by molar-refractivity contribution is 0.0752. The maximum Gasteiger partial charge on any atom is 0.269 e. The Balaban J connectivity index is 1.44. The molecule has 1 N–H and O–H groups in total. The molecular formula is C23H25F2N5O. The zero-order valence-corrected chi connectivity index (χ0v) is 17.2. The molecule has 5 rings (SSSR count). The molecule has 4 heterocycles. The predicted molar refractivity (Wildman–Crippen MR) is 114 cm³/mol. The zero-order chi connectivity index (χ0) is 21.4.